The van der Waals surface area contributed by atoms with E-state index in [1.807, 2.05) is 18.2 Å². The molecule has 0 amide bonds. The van der Waals surface area contributed by atoms with E-state index in [0.717, 1.165) is 35.5 Å². The van der Waals surface area contributed by atoms with Gasteiger partial charge in [0, 0.05) is 30.4 Å². The monoisotopic (exact) mass is 274 g/mol. The highest BCUT2D eigenvalue weighted by Crippen LogP contribution is 2.44. The number of ether oxygens (including phenoxy) is 3. The first-order chi connectivity index (χ1) is 9.74. The van der Waals surface area contributed by atoms with Crippen molar-refractivity contribution in [2.75, 3.05) is 20.8 Å². The van der Waals surface area contributed by atoms with E-state index in [9.17, 15) is 4.79 Å². The molecule has 0 radical (unpaired) electrons. The Hall–Kier alpha value is -1.97. The predicted molar refractivity (Wildman–Crippen MR) is 74.1 cm³/mol. The Balaban J connectivity index is 2.03. The molecule has 1 atom stereocenters. The summed E-state index contributed by atoms with van der Waals surface area (Å²) in [6, 6.07) is 5.85. The van der Waals surface area contributed by atoms with E-state index in [-0.39, 0.29) is 11.7 Å². The van der Waals surface area contributed by atoms with E-state index in [2.05, 4.69) is 0 Å². The van der Waals surface area contributed by atoms with Gasteiger partial charge < -0.3 is 14.2 Å². The summed E-state index contributed by atoms with van der Waals surface area (Å²) in [6.45, 7) is 0.616. The van der Waals surface area contributed by atoms with Gasteiger partial charge in [-0.05, 0) is 18.1 Å². The summed E-state index contributed by atoms with van der Waals surface area (Å²) in [6.07, 6.45) is 2.20. The number of methoxy groups -OCH3 is 2. The standard InChI is InChI=1S/C16H18O4/c1-18-10-3-4-12(15(9-10)19-2)11-5-6-14(17)16-13(11)7-8-20-16/h3-4,9,11H,5-8H2,1-2H3. The maximum atomic E-state index is 11.9. The molecule has 0 spiro atoms. The van der Waals surface area contributed by atoms with Crippen LogP contribution in [0.1, 0.15) is 30.7 Å². The number of ketones is 1. The second kappa shape index (κ2) is 5.19. The van der Waals surface area contributed by atoms with Crippen molar-refractivity contribution in [1.82, 2.24) is 0 Å². The molecule has 106 valence electrons. The number of benzene rings is 1. The molecule has 20 heavy (non-hydrogen) atoms. The molecule has 0 aromatic heterocycles. The molecule has 0 saturated carbocycles. The maximum absolute atomic E-state index is 11.9. The largest absolute Gasteiger partial charge is 0.497 e. The normalized spacial score (nSPS) is 21.5. The molecule has 1 unspecified atom stereocenters. The van der Waals surface area contributed by atoms with Gasteiger partial charge in [-0.25, -0.2) is 0 Å². The van der Waals surface area contributed by atoms with Crippen LogP contribution in [-0.2, 0) is 9.53 Å². The van der Waals surface area contributed by atoms with Crippen molar-refractivity contribution in [2.45, 2.75) is 25.2 Å². The van der Waals surface area contributed by atoms with Crippen LogP contribution in [0.3, 0.4) is 0 Å². The maximum Gasteiger partial charge on any atom is 0.197 e. The summed E-state index contributed by atoms with van der Waals surface area (Å²) in [5, 5.41) is 0. The zero-order valence-corrected chi connectivity index (χ0v) is 11.8. The molecule has 0 N–H and O–H groups in total. The molecule has 1 heterocycles. The van der Waals surface area contributed by atoms with Gasteiger partial charge in [-0.2, -0.15) is 0 Å². The fraction of sp³-hybridized carbons (Fsp3) is 0.438. The van der Waals surface area contributed by atoms with E-state index < -0.39 is 0 Å². The molecule has 1 aliphatic heterocycles. The Morgan fingerprint density at radius 1 is 1.20 bits per heavy atom. The third kappa shape index (κ3) is 2.05. The van der Waals surface area contributed by atoms with E-state index in [1.165, 1.54) is 0 Å². The predicted octanol–water partition coefficient (Wildman–Crippen LogP) is 2.82. The van der Waals surface area contributed by atoms with E-state index in [0.29, 0.717) is 18.8 Å². The quantitative estimate of drug-likeness (QED) is 0.850. The topological polar surface area (TPSA) is 44.8 Å². The Bertz CT molecular complexity index is 574. The van der Waals surface area contributed by atoms with Crippen LogP contribution < -0.4 is 9.47 Å². The number of hydrogen-bond acceptors (Lipinski definition) is 4. The third-order valence-corrected chi connectivity index (χ3v) is 4.06. The number of Topliss-reactive ketones (excluding diaryl/α,β-unsaturated/α-hetero) is 1. The first kappa shape index (κ1) is 13.0. The second-order valence-electron chi connectivity index (χ2n) is 5.08. The SMILES string of the molecule is COc1ccc(C2CCC(=O)C3=C2CCO3)c(OC)c1. The highest BCUT2D eigenvalue weighted by molar-refractivity contribution is 5.96. The molecular weight excluding hydrogens is 256 g/mol. The zero-order valence-electron chi connectivity index (χ0n) is 11.8. The molecule has 1 aliphatic carbocycles. The van der Waals surface area contributed by atoms with Crippen LogP contribution in [-0.4, -0.2) is 26.6 Å². The summed E-state index contributed by atoms with van der Waals surface area (Å²) in [5.41, 5.74) is 2.24. The van der Waals surface area contributed by atoms with Crippen molar-refractivity contribution in [3.05, 3.63) is 35.1 Å². The van der Waals surface area contributed by atoms with Crippen molar-refractivity contribution in [2.24, 2.45) is 0 Å². The molecule has 0 fully saturated rings. The highest BCUT2D eigenvalue weighted by atomic mass is 16.5. The minimum absolute atomic E-state index is 0.140. The van der Waals surface area contributed by atoms with Gasteiger partial charge in [-0.3, -0.25) is 4.79 Å². The lowest BCUT2D eigenvalue weighted by Gasteiger charge is -2.24. The van der Waals surface area contributed by atoms with Crippen LogP contribution in [0.2, 0.25) is 0 Å². The first-order valence-corrected chi connectivity index (χ1v) is 6.85. The number of carbonyl (C=O) groups excluding carboxylic acids is 1. The van der Waals surface area contributed by atoms with Crippen LogP contribution in [0.5, 0.6) is 11.5 Å². The van der Waals surface area contributed by atoms with Crippen molar-refractivity contribution in [3.8, 4) is 11.5 Å². The minimum Gasteiger partial charge on any atom is -0.497 e. The Labute approximate surface area is 118 Å². The highest BCUT2D eigenvalue weighted by Gasteiger charge is 2.35. The van der Waals surface area contributed by atoms with Gasteiger partial charge in [0.15, 0.2) is 11.5 Å². The van der Waals surface area contributed by atoms with Gasteiger partial charge in [0.2, 0.25) is 0 Å². The van der Waals surface area contributed by atoms with Crippen LogP contribution in [0.25, 0.3) is 0 Å². The summed E-state index contributed by atoms with van der Waals surface area (Å²) in [5.74, 6) is 2.53. The average molecular weight is 274 g/mol. The summed E-state index contributed by atoms with van der Waals surface area (Å²) in [7, 11) is 3.30. The number of rotatable bonds is 3. The lowest BCUT2D eigenvalue weighted by Crippen LogP contribution is -2.16. The molecule has 4 nitrogen and oxygen atoms in total. The molecule has 0 bridgehead atoms. The van der Waals surface area contributed by atoms with Crippen molar-refractivity contribution >= 4 is 5.78 Å². The van der Waals surface area contributed by atoms with Crippen molar-refractivity contribution in [1.29, 1.82) is 0 Å². The minimum atomic E-state index is 0.140. The smallest absolute Gasteiger partial charge is 0.197 e. The lowest BCUT2D eigenvalue weighted by molar-refractivity contribution is -0.119. The fourth-order valence-corrected chi connectivity index (χ4v) is 3.07. The molecule has 2 aliphatic rings. The van der Waals surface area contributed by atoms with Gasteiger partial charge in [0.05, 0.1) is 20.8 Å². The first-order valence-electron chi connectivity index (χ1n) is 6.85. The van der Waals surface area contributed by atoms with Gasteiger partial charge in [-0.15, -0.1) is 0 Å². The van der Waals surface area contributed by atoms with Crippen LogP contribution in [0.15, 0.2) is 29.5 Å². The second-order valence-corrected chi connectivity index (χ2v) is 5.08. The summed E-state index contributed by atoms with van der Waals surface area (Å²) < 4.78 is 16.2. The third-order valence-electron chi connectivity index (χ3n) is 4.06. The van der Waals surface area contributed by atoms with E-state index in [1.54, 1.807) is 14.2 Å². The molecule has 1 aromatic carbocycles. The summed E-state index contributed by atoms with van der Waals surface area (Å²) >= 11 is 0. The Kier molecular flexibility index (Phi) is 3.38. The lowest BCUT2D eigenvalue weighted by atomic mass is 9.80. The summed E-state index contributed by atoms with van der Waals surface area (Å²) in [4.78, 5) is 11.9. The Morgan fingerprint density at radius 3 is 2.80 bits per heavy atom. The van der Waals surface area contributed by atoms with E-state index >= 15 is 0 Å². The molecular formula is C16H18O4. The fourth-order valence-electron chi connectivity index (χ4n) is 3.07. The average Bonchev–Trinajstić information content (AvgIpc) is 2.97. The van der Waals surface area contributed by atoms with Crippen LogP contribution in [0.4, 0.5) is 0 Å². The zero-order chi connectivity index (χ0) is 14.1. The number of carbonyl (C=O) groups is 1. The van der Waals surface area contributed by atoms with E-state index in [4.69, 9.17) is 14.2 Å². The Morgan fingerprint density at radius 2 is 2.05 bits per heavy atom. The van der Waals surface area contributed by atoms with Gasteiger partial charge in [-0.1, -0.05) is 6.07 Å². The molecule has 0 saturated heterocycles. The van der Waals surface area contributed by atoms with Crippen molar-refractivity contribution < 1.29 is 19.0 Å². The molecule has 4 heteroatoms. The molecule has 1 aromatic rings. The van der Waals surface area contributed by atoms with Gasteiger partial charge >= 0.3 is 0 Å². The van der Waals surface area contributed by atoms with Crippen LogP contribution in [0, 0.1) is 0 Å². The van der Waals surface area contributed by atoms with Crippen LogP contribution >= 0.6 is 0 Å². The van der Waals surface area contributed by atoms with Gasteiger partial charge in [0.1, 0.15) is 11.5 Å². The van der Waals surface area contributed by atoms with Gasteiger partial charge in [0.25, 0.3) is 0 Å². The number of allylic oxidation sites excluding steroid dienone is 1. The number of hydrogen-bond donors (Lipinski definition) is 0. The molecule has 3 rings (SSSR count). The van der Waals surface area contributed by atoms with Crippen molar-refractivity contribution in [3.63, 3.8) is 0 Å².